The second-order valence-corrected chi connectivity index (χ2v) is 7.14. The molecule has 6 nitrogen and oxygen atoms in total. The lowest BCUT2D eigenvalue weighted by Gasteiger charge is -2.32. The summed E-state index contributed by atoms with van der Waals surface area (Å²) in [6.45, 7) is 5.81. The molecule has 1 atom stereocenters. The maximum absolute atomic E-state index is 11.8. The molecule has 0 aliphatic carbocycles. The van der Waals surface area contributed by atoms with Crippen LogP contribution in [0.1, 0.15) is 26.2 Å². The number of sulfonamides is 1. The van der Waals surface area contributed by atoms with Crippen LogP contribution in [0.2, 0.25) is 0 Å². The summed E-state index contributed by atoms with van der Waals surface area (Å²) in [6, 6.07) is 0.250. The number of piperidine rings is 1. The molecular formula is C13H28N2O4S. The predicted molar refractivity (Wildman–Crippen MR) is 79.4 cm³/mol. The van der Waals surface area contributed by atoms with Crippen LogP contribution in [0.3, 0.4) is 0 Å². The topological polar surface area (TPSA) is 67.9 Å². The molecule has 0 saturated carbocycles. The van der Waals surface area contributed by atoms with Crippen LogP contribution < -0.4 is 4.72 Å². The van der Waals surface area contributed by atoms with Crippen molar-refractivity contribution >= 4 is 10.0 Å². The zero-order valence-electron chi connectivity index (χ0n) is 12.6. The number of likely N-dealkylation sites (tertiary alicyclic amines) is 1. The Morgan fingerprint density at radius 3 is 2.50 bits per heavy atom. The molecule has 0 aromatic rings. The summed E-state index contributed by atoms with van der Waals surface area (Å²) in [5.74, 6) is 0.00341. The summed E-state index contributed by atoms with van der Waals surface area (Å²) in [5.41, 5.74) is 0. The first-order valence-corrected chi connectivity index (χ1v) is 8.98. The Labute approximate surface area is 122 Å². The molecule has 0 spiro atoms. The molecule has 7 heteroatoms. The Kier molecular flexibility index (Phi) is 8.63. The molecule has 120 valence electrons. The first-order chi connectivity index (χ1) is 9.55. The highest BCUT2D eigenvalue weighted by molar-refractivity contribution is 7.89. The fourth-order valence-corrected chi connectivity index (χ4v) is 3.20. The van der Waals surface area contributed by atoms with Gasteiger partial charge in [-0.1, -0.05) is 6.42 Å². The maximum Gasteiger partial charge on any atom is 0.213 e. The number of nitrogens with one attached hydrogen (secondary N) is 1. The Balaban J connectivity index is 2.17. The third kappa shape index (κ3) is 7.54. The smallest absolute Gasteiger partial charge is 0.213 e. The number of rotatable bonds is 10. The van der Waals surface area contributed by atoms with Crippen molar-refractivity contribution in [2.24, 2.45) is 0 Å². The van der Waals surface area contributed by atoms with Gasteiger partial charge in [-0.05, 0) is 32.9 Å². The lowest BCUT2D eigenvalue weighted by molar-refractivity contribution is 0.0784. The Bertz CT molecular complexity index is 342. The molecule has 1 N–H and O–H groups in total. The minimum Gasteiger partial charge on any atom is -0.382 e. The molecular weight excluding hydrogens is 280 g/mol. The van der Waals surface area contributed by atoms with Crippen molar-refractivity contribution in [2.75, 3.05) is 52.3 Å². The maximum atomic E-state index is 11.8. The monoisotopic (exact) mass is 308 g/mol. The van der Waals surface area contributed by atoms with Crippen LogP contribution in [0, 0.1) is 0 Å². The molecule has 1 unspecified atom stereocenters. The van der Waals surface area contributed by atoms with Crippen molar-refractivity contribution < 1.29 is 17.9 Å². The van der Waals surface area contributed by atoms with Gasteiger partial charge in [-0.15, -0.1) is 0 Å². The van der Waals surface area contributed by atoms with Crippen LogP contribution in [-0.2, 0) is 19.5 Å². The van der Waals surface area contributed by atoms with E-state index in [0.717, 1.165) is 13.1 Å². The second-order valence-electron chi connectivity index (χ2n) is 5.22. The van der Waals surface area contributed by atoms with Crippen molar-refractivity contribution in [2.45, 2.75) is 32.2 Å². The Morgan fingerprint density at radius 2 is 1.85 bits per heavy atom. The first-order valence-electron chi connectivity index (χ1n) is 7.33. The number of nitrogens with zero attached hydrogens (tertiary/aromatic N) is 1. The van der Waals surface area contributed by atoms with E-state index in [4.69, 9.17) is 9.47 Å². The highest BCUT2D eigenvalue weighted by Gasteiger charge is 2.18. The molecule has 1 aliphatic rings. The number of hydrogen-bond donors (Lipinski definition) is 1. The van der Waals surface area contributed by atoms with E-state index in [1.165, 1.54) is 19.3 Å². The van der Waals surface area contributed by atoms with Crippen molar-refractivity contribution in [1.29, 1.82) is 0 Å². The minimum absolute atomic E-state index is 0.00341. The van der Waals surface area contributed by atoms with E-state index in [-0.39, 0.29) is 18.4 Å². The highest BCUT2D eigenvalue weighted by Crippen LogP contribution is 2.11. The molecule has 0 radical (unpaired) electrons. The van der Waals surface area contributed by atoms with E-state index >= 15 is 0 Å². The average Bonchev–Trinajstić information content (AvgIpc) is 2.45. The zero-order chi connectivity index (χ0) is 14.8. The predicted octanol–water partition coefficient (Wildman–Crippen LogP) is 0.443. The molecule has 20 heavy (non-hydrogen) atoms. The fourth-order valence-electron chi connectivity index (χ4n) is 2.22. The lowest BCUT2D eigenvalue weighted by Crippen LogP contribution is -2.45. The Morgan fingerprint density at radius 1 is 1.15 bits per heavy atom. The van der Waals surface area contributed by atoms with Gasteiger partial charge in [-0.3, -0.25) is 4.90 Å². The average molecular weight is 308 g/mol. The lowest BCUT2D eigenvalue weighted by atomic mass is 10.1. The van der Waals surface area contributed by atoms with E-state index in [9.17, 15) is 8.42 Å². The van der Waals surface area contributed by atoms with E-state index < -0.39 is 10.0 Å². The number of hydrogen-bond acceptors (Lipinski definition) is 5. The normalized spacial score (nSPS) is 19.1. The molecule has 1 saturated heterocycles. The standard InChI is InChI=1S/C13H28N2O4S/c1-13(15-6-4-3-5-7-15)12-14-20(16,17)11-10-19-9-8-18-2/h13-14H,3-12H2,1-2H3. The van der Waals surface area contributed by atoms with Gasteiger partial charge in [0.25, 0.3) is 0 Å². The fraction of sp³-hybridized carbons (Fsp3) is 1.00. The van der Waals surface area contributed by atoms with Crippen molar-refractivity contribution in [1.82, 2.24) is 9.62 Å². The molecule has 1 heterocycles. The first kappa shape index (κ1) is 17.8. The van der Waals surface area contributed by atoms with Gasteiger partial charge in [0.2, 0.25) is 10.0 Å². The van der Waals surface area contributed by atoms with Crippen LogP contribution in [-0.4, -0.2) is 71.7 Å². The Hall–Kier alpha value is -0.210. The third-order valence-electron chi connectivity index (χ3n) is 3.54. The molecule has 1 fully saturated rings. The largest absolute Gasteiger partial charge is 0.382 e. The summed E-state index contributed by atoms with van der Waals surface area (Å²) in [6.07, 6.45) is 3.71. The van der Waals surface area contributed by atoms with Gasteiger partial charge in [0.15, 0.2) is 0 Å². The van der Waals surface area contributed by atoms with Crippen LogP contribution in [0.4, 0.5) is 0 Å². The van der Waals surface area contributed by atoms with Gasteiger partial charge in [-0.25, -0.2) is 13.1 Å². The molecule has 0 aromatic heterocycles. The zero-order valence-corrected chi connectivity index (χ0v) is 13.5. The van der Waals surface area contributed by atoms with Gasteiger partial charge in [0.1, 0.15) is 0 Å². The van der Waals surface area contributed by atoms with Crippen LogP contribution in [0.15, 0.2) is 0 Å². The second kappa shape index (κ2) is 9.68. The van der Waals surface area contributed by atoms with Gasteiger partial charge >= 0.3 is 0 Å². The van der Waals surface area contributed by atoms with Gasteiger partial charge < -0.3 is 9.47 Å². The molecule has 1 rings (SSSR count). The number of methoxy groups -OCH3 is 1. The minimum atomic E-state index is -3.24. The molecule has 0 bridgehead atoms. The van der Waals surface area contributed by atoms with E-state index in [2.05, 4.69) is 16.5 Å². The van der Waals surface area contributed by atoms with Gasteiger partial charge in [0.05, 0.1) is 25.6 Å². The van der Waals surface area contributed by atoms with Crippen LogP contribution >= 0.6 is 0 Å². The SMILES string of the molecule is COCCOCCS(=O)(=O)NCC(C)N1CCCCC1. The van der Waals surface area contributed by atoms with Crippen molar-refractivity contribution in [3.05, 3.63) is 0 Å². The van der Waals surface area contributed by atoms with Gasteiger partial charge in [-0.2, -0.15) is 0 Å². The molecule has 0 amide bonds. The van der Waals surface area contributed by atoms with Crippen molar-refractivity contribution in [3.63, 3.8) is 0 Å². The van der Waals surface area contributed by atoms with E-state index in [1.807, 2.05) is 0 Å². The van der Waals surface area contributed by atoms with Crippen LogP contribution in [0.25, 0.3) is 0 Å². The quantitative estimate of drug-likeness (QED) is 0.593. The van der Waals surface area contributed by atoms with Crippen LogP contribution in [0.5, 0.6) is 0 Å². The summed E-state index contributed by atoms with van der Waals surface area (Å²) < 4.78 is 36.3. The summed E-state index contributed by atoms with van der Waals surface area (Å²) >= 11 is 0. The van der Waals surface area contributed by atoms with E-state index in [0.29, 0.717) is 19.8 Å². The molecule has 0 aromatic carbocycles. The number of ether oxygens (including phenoxy) is 2. The summed E-state index contributed by atoms with van der Waals surface area (Å²) in [7, 11) is -1.66. The molecule has 1 aliphatic heterocycles. The summed E-state index contributed by atoms with van der Waals surface area (Å²) in [4.78, 5) is 2.35. The van der Waals surface area contributed by atoms with Crippen molar-refractivity contribution in [3.8, 4) is 0 Å². The third-order valence-corrected chi connectivity index (χ3v) is 4.85. The van der Waals surface area contributed by atoms with E-state index in [1.54, 1.807) is 7.11 Å². The summed E-state index contributed by atoms with van der Waals surface area (Å²) in [5, 5.41) is 0. The highest BCUT2D eigenvalue weighted by atomic mass is 32.2. The van der Waals surface area contributed by atoms with Gasteiger partial charge in [0, 0.05) is 19.7 Å².